The van der Waals surface area contributed by atoms with E-state index in [0.29, 0.717) is 22.2 Å². The number of carbonyl (C=O) groups is 1. The van der Waals surface area contributed by atoms with Gasteiger partial charge in [-0.05, 0) is 30.3 Å². The second-order valence-corrected chi connectivity index (χ2v) is 9.98. The van der Waals surface area contributed by atoms with E-state index in [0.717, 1.165) is 5.69 Å². The van der Waals surface area contributed by atoms with Gasteiger partial charge in [-0.2, -0.15) is 0 Å². The zero-order chi connectivity index (χ0) is 19.7. The monoisotopic (exact) mass is 417 g/mol. The molecule has 9 heteroatoms. The van der Waals surface area contributed by atoms with Crippen molar-refractivity contribution in [2.75, 3.05) is 29.2 Å². The number of amides is 1. The highest BCUT2D eigenvalue weighted by Crippen LogP contribution is 2.34. The van der Waals surface area contributed by atoms with Crippen LogP contribution in [0.4, 0.5) is 11.4 Å². The van der Waals surface area contributed by atoms with Crippen molar-refractivity contribution in [1.82, 2.24) is 0 Å². The van der Waals surface area contributed by atoms with Crippen LogP contribution in [0.2, 0.25) is 0 Å². The Kier molecular flexibility index (Phi) is 5.03. The first-order valence-electron chi connectivity index (χ1n) is 8.70. The van der Waals surface area contributed by atoms with Crippen molar-refractivity contribution in [1.29, 1.82) is 0 Å². The molecule has 1 amide bonds. The number of aliphatic imine (C=N–C) groups is 1. The minimum absolute atomic E-state index is 0.0236. The van der Waals surface area contributed by atoms with Gasteiger partial charge >= 0.3 is 0 Å². The minimum Gasteiger partial charge on any atom is -0.495 e. The largest absolute Gasteiger partial charge is 0.495 e. The van der Waals surface area contributed by atoms with Crippen LogP contribution in [0.15, 0.2) is 53.5 Å². The summed E-state index contributed by atoms with van der Waals surface area (Å²) in [5.41, 5.74) is 1.81. The summed E-state index contributed by atoms with van der Waals surface area (Å²) in [5, 5.41) is 6.70. The number of nitrogens with one attached hydrogen (secondary N) is 2. The van der Waals surface area contributed by atoms with E-state index < -0.39 is 9.84 Å². The van der Waals surface area contributed by atoms with E-state index in [2.05, 4.69) is 15.6 Å². The first-order valence-corrected chi connectivity index (χ1v) is 11.4. The summed E-state index contributed by atoms with van der Waals surface area (Å²) >= 11 is 1.44. The maximum atomic E-state index is 12.6. The number of fused-ring (bicyclic) bond motifs is 1. The van der Waals surface area contributed by atoms with E-state index in [1.807, 2.05) is 18.2 Å². The van der Waals surface area contributed by atoms with Gasteiger partial charge in [0.1, 0.15) is 5.75 Å². The second-order valence-electron chi connectivity index (χ2n) is 6.60. The van der Waals surface area contributed by atoms with Crippen molar-refractivity contribution < 1.29 is 17.9 Å². The Morgan fingerprint density at radius 3 is 2.79 bits per heavy atom. The van der Waals surface area contributed by atoms with Crippen molar-refractivity contribution in [3.8, 4) is 5.75 Å². The molecule has 2 aromatic carbocycles. The van der Waals surface area contributed by atoms with Crippen LogP contribution >= 0.6 is 11.8 Å². The van der Waals surface area contributed by atoms with Crippen LogP contribution in [0.5, 0.6) is 5.75 Å². The number of rotatable bonds is 4. The molecule has 0 spiro atoms. The van der Waals surface area contributed by atoms with Gasteiger partial charge in [-0.15, -0.1) is 0 Å². The number of hydrogen-bond donors (Lipinski definition) is 2. The number of carbonyl (C=O) groups excluding carboxylic acids is 1. The summed E-state index contributed by atoms with van der Waals surface area (Å²) in [6.07, 6.45) is 0. The average molecular weight is 418 g/mol. The zero-order valence-electron chi connectivity index (χ0n) is 15.1. The molecule has 7 nitrogen and oxygen atoms in total. The third-order valence-electron chi connectivity index (χ3n) is 4.55. The molecule has 0 bridgehead atoms. The van der Waals surface area contributed by atoms with E-state index in [1.165, 1.54) is 11.8 Å². The fourth-order valence-electron chi connectivity index (χ4n) is 3.22. The van der Waals surface area contributed by atoms with Crippen molar-refractivity contribution in [2.24, 2.45) is 4.99 Å². The molecular formula is C19H19N3O4S2. The fraction of sp³-hybridized carbons (Fsp3) is 0.263. The number of methoxy groups -OCH3 is 1. The quantitative estimate of drug-likeness (QED) is 0.794. The maximum Gasteiger partial charge on any atom is 0.255 e. The third kappa shape index (κ3) is 4.00. The Hall–Kier alpha value is -2.52. The summed E-state index contributed by atoms with van der Waals surface area (Å²) in [5.74, 6) is 0.607. The van der Waals surface area contributed by atoms with E-state index in [9.17, 15) is 13.2 Å². The molecule has 0 aliphatic carbocycles. The SMILES string of the molecule is COc1ccccc1NC(=O)c1cccc(NC2=N[C@H]3CS(=O)(=O)C[C@H]3S2)c1. The van der Waals surface area contributed by atoms with Crippen LogP contribution in [0.1, 0.15) is 10.4 Å². The highest BCUT2D eigenvalue weighted by Gasteiger charge is 2.42. The Labute approximate surface area is 167 Å². The van der Waals surface area contributed by atoms with Crippen molar-refractivity contribution >= 4 is 44.0 Å². The summed E-state index contributed by atoms with van der Waals surface area (Å²) in [7, 11) is -1.42. The molecule has 0 aromatic heterocycles. The zero-order valence-corrected chi connectivity index (χ0v) is 16.7. The predicted octanol–water partition coefficient (Wildman–Crippen LogP) is 2.63. The molecule has 0 saturated carbocycles. The smallest absolute Gasteiger partial charge is 0.255 e. The van der Waals surface area contributed by atoms with Gasteiger partial charge in [0.15, 0.2) is 15.0 Å². The van der Waals surface area contributed by atoms with Crippen molar-refractivity contribution in [2.45, 2.75) is 11.3 Å². The lowest BCUT2D eigenvalue weighted by molar-refractivity contribution is 0.102. The number of sulfone groups is 1. The lowest BCUT2D eigenvalue weighted by atomic mass is 10.2. The van der Waals surface area contributed by atoms with Gasteiger partial charge in [0.2, 0.25) is 0 Å². The summed E-state index contributed by atoms with van der Waals surface area (Å²) in [4.78, 5) is 17.1. The minimum atomic E-state index is -2.97. The van der Waals surface area contributed by atoms with Gasteiger partial charge in [0, 0.05) is 16.5 Å². The normalized spacial score (nSPS) is 22.2. The number of nitrogens with zero attached hydrogens (tertiary/aromatic N) is 1. The van der Waals surface area contributed by atoms with Gasteiger partial charge in [0.05, 0.1) is 30.3 Å². The van der Waals surface area contributed by atoms with E-state index >= 15 is 0 Å². The Bertz CT molecular complexity index is 1050. The Morgan fingerprint density at radius 2 is 2.00 bits per heavy atom. The molecule has 0 radical (unpaired) electrons. The van der Waals surface area contributed by atoms with Crippen LogP contribution in [-0.2, 0) is 9.84 Å². The standard InChI is InChI=1S/C19H19N3O4S2/c1-26-16-8-3-2-7-14(16)21-18(23)12-5-4-6-13(9-12)20-19-22-15-10-28(24,25)11-17(15)27-19/h2-9,15,17H,10-11H2,1H3,(H,20,22)(H,21,23)/t15-,17+/m0/s1. The molecule has 2 aliphatic heterocycles. The third-order valence-corrected chi connectivity index (χ3v) is 7.69. The number of amidine groups is 1. The summed E-state index contributed by atoms with van der Waals surface area (Å²) in [6.45, 7) is 0. The first-order chi connectivity index (χ1) is 13.4. The molecule has 4 rings (SSSR count). The average Bonchev–Trinajstić information content (AvgIpc) is 3.14. The van der Waals surface area contributed by atoms with Gasteiger partial charge in [-0.3, -0.25) is 9.79 Å². The van der Waals surface area contributed by atoms with Crippen LogP contribution in [-0.4, -0.2) is 49.4 Å². The van der Waals surface area contributed by atoms with E-state index in [4.69, 9.17) is 4.74 Å². The molecule has 1 fully saturated rings. The predicted molar refractivity (Wildman–Crippen MR) is 112 cm³/mol. The number of anilines is 2. The van der Waals surface area contributed by atoms with Crippen LogP contribution < -0.4 is 15.4 Å². The summed E-state index contributed by atoms with van der Waals surface area (Å²) < 4.78 is 28.6. The van der Waals surface area contributed by atoms with E-state index in [1.54, 1.807) is 37.4 Å². The molecule has 2 heterocycles. The number of para-hydroxylation sites is 2. The molecule has 28 heavy (non-hydrogen) atoms. The fourth-order valence-corrected chi connectivity index (χ4v) is 6.90. The Balaban J connectivity index is 1.46. The Morgan fingerprint density at radius 1 is 1.18 bits per heavy atom. The van der Waals surface area contributed by atoms with Crippen molar-refractivity contribution in [3.05, 3.63) is 54.1 Å². The van der Waals surface area contributed by atoms with Gasteiger partial charge in [0.25, 0.3) is 5.91 Å². The molecule has 2 aliphatic rings. The molecule has 2 N–H and O–H groups in total. The van der Waals surface area contributed by atoms with Gasteiger partial charge in [-0.1, -0.05) is 30.0 Å². The summed E-state index contributed by atoms with van der Waals surface area (Å²) in [6, 6.07) is 14.1. The molecule has 2 aromatic rings. The first kappa shape index (κ1) is 18.8. The number of hydrogen-bond acceptors (Lipinski definition) is 7. The van der Waals surface area contributed by atoms with Gasteiger partial charge in [-0.25, -0.2) is 8.42 Å². The second kappa shape index (κ2) is 7.48. The maximum absolute atomic E-state index is 12.6. The molecule has 2 atom stereocenters. The number of benzene rings is 2. The van der Waals surface area contributed by atoms with Gasteiger partial charge < -0.3 is 15.4 Å². The van der Waals surface area contributed by atoms with Crippen molar-refractivity contribution in [3.63, 3.8) is 0 Å². The molecule has 0 unspecified atom stereocenters. The molecular weight excluding hydrogens is 398 g/mol. The molecule has 146 valence electrons. The highest BCUT2D eigenvalue weighted by atomic mass is 32.2. The van der Waals surface area contributed by atoms with Crippen LogP contribution in [0, 0.1) is 0 Å². The number of thioether (sulfide) groups is 1. The lowest BCUT2D eigenvalue weighted by Crippen LogP contribution is -2.14. The van der Waals surface area contributed by atoms with Crippen LogP contribution in [0.25, 0.3) is 0 Å². The van der Waals surface area contributed by atoms with E-state index in [-0.39, 0.29) is 28.7 Å². The topological polar surface area (TPSA) is 96.9 Å². The van der Waals surface area contributed by atoms with Crippen LogP contribution in [0.3, 0.4) is 0 Å². The lowest BCUT2D eigenvalue weighted by Gasteiger charge is -2.11. The highest BCUT2D eigenvalue weighted by molar-refractivity contribution is 8.15. The molecule has 1 saturated heterocycles. The number of ether oxygens (including phenoxy) is 1.